The van der Waals surface area contributed by atoms with Gasteiger partial charge in [0, 0.05) is 86.4 Å². The van der Waals surface area contributed by atoms with E-state index in [0.717, 1.165) is 21.1 Å². The van der Waals surface area contributed by atoms with Crippen molar-refractivity contribution in [2.75, 3.05) is 41.0 Å². The van der Waals surface area contributed by atoms with E-state index in [9.17, 15) is 65.8 Å². The number of carboxylic acid groups (broad SMARTS) is 2. The first kappa shape index (κ1) is 64.5. The Morgan fingerprint density at radius 2 is 0.959 bits per heavy atom. The van der Waals surface area contributed by atoms with Crippen LogP contribution in [0.15, 0.2) is 79.1 Å². The maximum Gasteiger partial charge on any atom is 2.00 e. The summed E-state index contributed by atoms with van der Waals surface area (Å²) in [6.45, 7) is 7.38. The first-order valence-corrected chi connectivity index (χ1v) is 25.9. The summed E-state index contributed by atoms with van der Waals surface area (Å²) in [7, 11) is -4.67. The molecule has 3 heterocycles. The Morgan fingerprint density at radius 1 is 0.635 bits per heavy atom. The molecular weight excluding hydrogens is 1040 g/mol. The van der Waals surface area contributed by atoms with E-state index < -0.39 is 80.9 Å². The quantitative estimate of drug-likeness (QED) is 0.0694. The monoisotopic (exact) mass is 1100 g/mol. The molecule has 0 amide bonds. The van der Waals surface area contributed by atoms with Gasteiger partial charge in [0.2, 0.25) is 37.9 Å². The first-order valence-electron chi connectivity index (χ1n) is 22.2. The summed E-state index contributed by atoms with van der Waals surface area (Å²) in [6.07, 6.45) is 4.35. The van der Waals surface area contributed by atoms with Crippen LogP contribution >= 0.6 is 0 Å². The van der Waals surface area contributed by atoms with Crippen LogP contribution in [0.25, 0.3) is 34.7 Å². The minimum Gasteiger partial charge on any atom is -0.550 e. The molecule has 6 N–H and O–H groups in total. The van der Waals surface area contributed by atoms with E-state index in [1.165, 1.54) is 86.9 Å². The van der Waals surface area contributed by atoms with Gasteiger partial charge < -0.3 is 46.0 Å². The van der Waals surface area contributed by atoms with E-state index in [1.54, 1.807) is 18.5 Å². The summed E-state index contributed by atoms with van der Waals surface area (Å²) in [5, 5.41) is 61.1. The van der Waals surface area contributed by atoms with Crippen LogP contribution in [0.5, 0.6) is 0 Å². The van der Waals surface area contributed by atoms with E-state index in [2.05, 4.69) is 29.9 Å². The largest absolute Gasteiger partial charge is 2.00 e. The number of hydrogen-bond acceptors (Lipinski definition) is 19. The number of halogens is 2. The summed E-state index contributed by atoms with van der Waals surface area (Å²) in [4.78, 5) is 46.2. The Morgan fingerprint density at radius 3 is 1.22 bits per heavy atom. The van der Waals surface area contributed by atoms with Crippen molar-refractivity contribution < 1.29 is 65.8 Å². The second-order valence-corrected chi connectivity index (χ2v) is 21.0. The fourth-order valence-corrected chi connectivity index (χ4v) is 7.14. The standard InChI is InChI=1S/2C22H28FN3O6S.C4H5N3.Ca/c2*1-13(2)20-18(10-9-16(27)11-17(28)12-19(29)30)21(14-5-7-15(23)8-6-14)25-22(24-20)26(3)33(4,31)32;5-4-6-2-1-3-7-4;/h2*5-10,13,16-17,27-28H,11-12H2,1-4H3,(H,29,30);1-3H,(H2,5,6,7);/q;;;+2/p-2/t2*16-,17-;;/m11../s1. The molecule has 0 bridgehead atoms. The van der Waals surface area contributed by atoms with Crippen LogP contribution in [0, 0.1) is 11.6 Å². The SMILES string of the molecule is CC(C)c1nc(N(C)S(C)(=O)=O)nc(-c2ccc(F)cc2)c1C=C[C@@H](O)C[C@@H](O)CC(=O)[O-].CC(C)c1nc(N(C)S(C)(=O)=O)nc(-c2ccc(F)cc2)c1C=C[C@@H](O)C[C@@H](O)CC(=O)[O-].Nc1ncccn1.[Ca+2]. The van der Waals surface area contributed by atoms with Crippen molar-refractivity contribution in [1.29, 1.82) is 0 Å². The van der Waals surface area contributed by atoms with Gasteiger partial charge in [-0.25, -0.2) is 64.1 Å². The topological polar surface area (TPSA) is 339 Å². The van der Waals surface area contributed by atoms with Crippen LogP contribution in [0.1, 0.15) is 87.7 Å². The number of anilines is 3. The zero-order chi connectivity index (χ0) is 55.0. The fourth-order valence-electron chi connectivity index (χ4n) is 6.38. The Kier molecular flexibility index (Phi) is 25.7. The Hall–Kier alpha value is -5.64. The van der Waals surface area contributed by atoms with Crippen molar-refractivity contribution in [3.63, 3.8) is 0 Å². The first-order chi connectivity index (χ1) is 34.0. The molecule has 5 rings (SSSR count). The van der Waals surface area contributed by atoms with Gasteiger partial charge in [-0.15, -0.1) is 0 Å². The third-order valence-corrected chi connectivity index (χ3v) is 12.5. The van der Waals surface area contributed by atoms with E-state index in [-0.39, 0.29) is 74.3 Å². The molecule has 21 nitrogen and oxygen atoms in total. The number of nitrogens with two attached hydrogens (primary N) is 1. The number of rotatable bonds is 20. The van der Waals surface area contributed by atoms with Crippen molar-refractivity contribution in [3.8, 4) is 22.5 Å². The molecule has 0 spiro atoms. The molecule has 4 atom stereocenters. The molecule has 396 valence electrons. The van der Waals surface area contributed by atoms with E-state index in [4.69, 9.17) is 5.73 Å². The molecule has 0 unspecified atom stereocenters. The van der Waals surface area contributed by atoms with Crippen LogP contribution in [0.3, 0.4) is 0 Å². The number of benzene rings is 2. The van der Waals surface area contributed by atoms with Gasteiger partial charge in [0.05, 0.1) is 59.7 Å². The predicted molar refractivity (Wildman–Crippen MR) is 272 cm³/mol. The minimum absolute atomic E-state index is 0. The van der Waals surface area contributed by atoms with Gasteiger partial charge in [-0.3, -0.25) is 0 Å². The minimum atomic E-state index is -3.66. The number of aliphatic carboxylic acids is 2. The van der Waals surface area contributed by atoms with Crippen molar-refractivity contribution >= 4 is 99.7 Å². The molecule has 74 heavy (non-hydrogen) atoms. The molecule has 0 radical (unpaired) electrons. The van der Waals surface area contributed by atoms with Gasteiger partial charge in [0.25, 0.3) is 0 Å². The van der Waals surface area contributed by atoms with Crippen LogP contribution in [0.2, 0.25) is 0 Å². The van der Waals surface area contributed by atoms with Crippen LogP contribution < -0.4 is 24.6 Å². The zero-order valence-corrected chi connectivity index (χ0v) is 45.8. The number of hydrogen-bond donors (Lipinski definition) is 5. The van der Waals surface area contributed by atoms with Gasteiger partial charge >= 0.3 is 37.7 Å². The molecule has 0 fully saturated rings. The van der Waals surface area contributed by atoms with E-state index >= 15 is 0 Å². The molecule has 3 aromatic heterocycles. The predicted octanol–water partition coefficient (Wildman–Crippen LogP) is 1.81. The van der Waals surface area contributed by atoms with Gasteiger partial charge in [-0.1, -0.05) is 52.0 Å². The number of aromatic nitrogens is 6. The van der Waals surface area contributed by atoms with Crippen molar-refractivity contribution in [2.24, 2.45) is 0 Å². The second kappa shape index (κ2) is 29.5. The molecule has 0 aliphatic rings. The average molecular weight is 1100 g/mol. The second-order valence-electron chi connectivity index (χ2n) is 17.0. The van der Waals surface area contributed by atoms with Gasteiger partial charge in [-0.2, -0.15) is 0 Å². The smallest absolute Gasteiger partial charge is 0.550 e. The maximum absolute atomic E-state index is 13.5. The van der Waals surface area contributed by atoms with E-state index in [0.29, 0.717) is 51.0 Å². The van der Waals surface area contributed by atoms with Gasteiger partial charge in [0.1, 0.15) is 11.6 Å². The Bertz CT molecular complexity index is 2750. The number of nitrogen functional groups attached to an aromatic ring is 1. The van der Waals surface area contributed by atoms with Gasteiger partial charge in [-0.05, 0) is 66.4 Å². The van der Waals surface area contributed by atoms with Crippen molar-refractivity contribution in [3.05, 3.63) is 113 Å². The number of aliphatic hydroxyl groups excluding tert-OH is 4. The molecule has 0 aliphatic carbocycles. The average Bonchev–Trinajstić information content (AvgIpc) is 3.29. The van der Waals surface area contributed by atoms with Crippen molar-refractivity contribution in [1.82, 2.24) is 29.9 Å². The van der Waals surface area contributed by atoms with Crippen LogP contribution in [-0.2, 0) is 29.6 Å². The van der Waals surface area contributed by atoms with Crippen LogP contribution in [0.4, 0.5) is 26.6 Å². The molecular formula is C48H59CaF2N9O12S2. The fraction of sp³-hybridized carbons (Fsp3) is 0.375. The number of carbonyl (C=O) groups excluding carboxylic acids is 2. The Labute approximate surface area is 458 Å². The van der Waals surface area contributed by atoms with Crippen molar-refractivity contribution in [2.45, 2.75) is 89.6 Å². The molecule has 5 aromatic rings. The molecule has 2 aromatic carbocycles. The molecule has 26 heteroatoms. The normalized spacial score (nSPS) is 13.2. The third kappa shape index (κ3) is 20.9. The molecule has 0 aliphatic heterocycles. The van der Waals surface area contributed by atoms with Crippen LogP contribution in [-0.4, -0.2) is 168 Å². The number of sulfonamides is 2. The summed E-state index contributed by atoms with van der Waals surface area (Å²) in [5.41, 5.74) is 8.66. The summed E-state index contributed by atoms with van der Waals surface area (Å²) < 4.78 is 77.1. The number of nitrogens with zero attached hydrogens (tertiary/aromatic N) is 8. The number of aliphatic hydroxyl groups is 4. The molecule has 0 saturated heterocycles. The zero-order valence-electron chi connectivity index (χ0n) is 41.9. The summed E-state index contributed by atoms with van der Waals surface area (Å²) in [6, 6.07) is 12.6. The summed E-state index contributed by atoms with van der Waals surface area (Å²) in [5.74, 6) is -3.96. The molecule has 0 saturated carbocycles. The maximum atomic E-state index is 13.5. The number of carboxylic acids is 2. The third-order valence-electron chi connectivity index (χ3n) is 10.2. The van der Waals surface area contributed by atoms with Gasteiger partial charge in [0.15, 0.2) is 0 Å². The van der Waals surface area contributed by atoms with E-state index in [1.807, 2.05) is 27.7 Å². The number of carbonyl (C=O) groups is 2. The summed E-state index contributed by atoms with van der Waals surface area (Å²) >= 11 is 0. The Balaban J connectivity index is 0.000000441.